The van der Waals surface area contributed by atoms with Crippen LogP contribution in [0, 0.1) is 0 Å². The first-order chi connectivity index (χ1) is 19.6. The molecule has 1 saturated carbocycles. The fraction of sp³-hybridized carbons (Fsp3) is 0.250. The number of amides is 1. The number of carbonyl (C=O) groups is 1. The van der Waals surface area contributed by atoms with Gasteiger partial charge in [0.05, 0.1) is 29.8 Å². The molecule has 40 heavy (non-hydrogen) atoms. The van der Waals surface area contributed by atoms with E-state index in [4.69, 9.17) is 15.2 Å². The number of hydrogen-bond acceptors (Lipinski definition) is 5. The van der Waals surface area contributed by atoms with Crippen molar-refractivity contribution in [3.05, 3.63) is 97.1 Å². The molecule has 5 aromatic rings. The molecule has 3 N–H and O–H groups in total. The quantitative estimate of drug-likeness (QED) is 0.208. The molecule has 3 aromatic carbocycles. The minimum Gasteiger partial charge on any atom is -0.492 e. The van der Waals surface area contributed by atoms with Crippen LogP contribution < -0.4 is 15.8 Å². The molecule has 2 aromatic heterocycles. The number of nitrogen functional groups attached to an aromatic ring is 1. The molecule has 8 heteroatoms. The highest BCUT2D eigenvalue weighted by Gasteiger charge is 2.27. The largest absolute Gasteiger partial charge is 0.492 e. The van der Waals surface area contributed by atoms with Gasteiger partial charge >= 0.3 is 6.09 Å². The third-order valence-corrected chi connectivity index (χ3v) is 7.59. The SMILES string of the molecule is C[C@@H](OC(=O)Nc1ccc(-c2c(N)c3cc(OCCn4ccnc4)ccc3n2C2CCC2)cc1)c1ccccc1. The number of nitrogens with two attached hydrogens (primary N) is 1. The number of hydrogen-bond donors (Lipinski definition) is 2. The number of anilines is 2. The summed E-state index contributed by atoms with van der Waals surface area (Å²) in [5, 5.41) is 3.83. The first kappa shape index (κ1) is 25.6. The van der Waals surface area contributed by atoms with Gasteiger partial charge in [0.25, 0.3) is 0 Å². The number of imidazole rings is 1. The predicted octanol–water partition coefficient (Wildman–Crippen LogP) is 7.20. The Morgan fingerprint density at radius 3 is 2.60 bits per heavy atom. The first-order valence-corrected chi connectivity index (χ1v) is 13.7. The summed E-state index contributed by atoms with van der Waals surface area (Å²) < 4.78 is 16.0. The van der Waals surface area contributed by atoms with Gasteiger partial charge in [-0.2, -0.15) is 0 Å². The molecule has 6 rings (SSSR count). The van der Waals surface area contributed by atoms with Crippen LogP contribution in [-0.4, -0.2) is 26.8 Å². The van der Waals surface area contributed by atoms with Crippen molar-refractivity contribution in [2.45, 2.75) is 44.9 Å². The highest BCUT2D eigenvalue weighted by Crippen LogP contribution is 2.45. The van der Waals surface area contributed by atoms with Gasteiger partial charge in [0, 0.05) is 35.1 Å². The van der Waals surface area contributed by atoms with Crippen LogP contribution in [0.4, 0.5) is 16.2 Å². The second kappa shape index (κ2) is 11.2. The van der Waals surface area contributed by atoms with Crippen LogP contribution in [0.25, 0.3) is 22.2 Å². The van der Waals surface area contributed by atoms with Crippen molar-refractivity contribution < 1.29 is 14.3 Å². The van der Waals surface area contributed by atoms with Crippen LogP contribution in [0.3, 0.4) is 0 Å². The van der Waals surface area contributed by atoms with E-state index in [0.717, 1.165) is 58.5 Å². The Bertz CT molecular complexity index is 1590. The molecule has 204 valence electrons. The summed E-state index contributed by atoms with van der Waals surface area (Å²) in [6.45, 7) is 3.12. The lowest BCUT2D eigenvalue weighted by Gasteiger charge is -2.30. The smallest absolute Gasteiger partial charge is 0.412 e. The second-order valence-electron chi connectivity index (χ2n) is 10.2. The van der Waals surface area contributed by atoms with E-state index in [1.807, 2.05) is 84.4 Å². The summed E-state index contributed by atoms with van der Waals surface area (Å²) in [5.74, 6) is 0.791. The molecule has 0 aliphatic heterocycles. The molecule has 1 atom stereocenters. The van der Waals surface area contributed by atoms with Crippen LogP contribution in [-0.2, 0) is 11.3 Å². The van der Waals surface area contributed by atoms with E-state index < -0.39 is 6.09 Å². The van der Waals surface area contributed by atoms with Crippen LogP contribution >= 0.6 is 0 Å². The highest BCUT2D eigenvalue weighted by molar-refractivity contribution is 6.02. The fourth-order valence-electron chi connectivity index (χ4n) is 5.23. The van der Waals surface area contributed by atoms with Gasteiger partial charge in [-0.15, -0.1) is 0 Å². The van der Waals surface area contributed by atoms with E-state index in [2.05, 4.69) is 20.9 Å². The van der Waals surface area contributed by atoms with Gasteiger partial charge in [-0.1, -0.05) is 42.5 Å². The number of ether oxygens (including phenoxy) is 2. The first-order valence-electron chi connectivity index (χ1n) is 13.7. The summed E-state index contributed by atoms with van der Waals surface area (Å²) in [4.78, 5) is 16.6. The van der Waals surface area contributed by atoms with Crippen molar-refractivity contribution in [3.63, 3.8) is 0 Å². The lowest BCUT2D eigenvalue weighted by molar-refractivity contribution is 0.121. The molecular formula is C32H33N5O3. The number of nitrogens with zero attached hydrogens (tertiary/aromatic N) is 3. The third kappa shape index (κ3) is 5.25. The van der Waals surface area contributed by atoms with Crippen molar-refractivity contribution in [1.82, 2.24) is 14.1 Å². The molecule has 0 bridgehead atoms. The average molecular weight is 536 g/mol. The van der Waals surface area contributed by atoms with Crippen molar-refractivity contribution in [1.29, 1.82) is 0 Å². The molecule has 1 fully saturated rings. The molecule has 1 aliphatic rings. The average Bonchev–Trinajstić information content (AvgIpc) is 3.55. The molecule has 0 spiro atoms. The lowest BCUT2D eigenvalue weighted by Crippen LogP contribution is -2.18. The van der Waals surface area contributed by atoms with E-state index in [0.29, 0.717) is 18.3 Å². The van der Waals surface area contributed by atoms with Crippen molar-refractivity contribution in [3.8, 4) is 17.0 Å². The number of carbonyl (C=O) groups excluding carboxylic acids is 1. The summed E-state index contributed by atoms with van der Waals surface area (Å²) in [7, 11) is 0. The Morgan fingerprint density at radius 1 is 1.10 bits per heavy atom. The number of benzene rings is 3. The van der Waals surface area contributed by atoms with Crippen molar-refractivity contribution in [2.75, 3.05) is 17.7 Å². The lowest BCUT2D eigenvalue weighted by atomic mass is 9.92. The molecule has 8 nitrogen and oxygen atoms in total. The maximum atomic E-state index is 12.5. The number of nitrogens with one attached hydrogen (secondary N) is 1. The zero-order valence-electron chi connectivity index (χ0n) is 22.5. The Kier molecular flexibility index (Phi) is 7.14. The molecule has 0 unspecified atom stereocenters. The summed E-state index contributed by atoms with van der Waals surface area (Å²) in [5.41, 5.74) is 12.3. The van der Waals surface area contributed by atoms with E-state index in [1.165, 1.54) is 6.42 Å². The van der Waals surface area contributed by atoms with Crippen LogP contribution in [0.5, 0.6) is 5.75 Å². The molecule has 0 saturated heterocycles. The Morgan fingerprint density at radius 2 is 1.90 bits per heavy atom. The van der Waals surface area contributed by atoms with Gasteiger partial charge in [0.2, 0.25) is 0 Å². The topological polar surface area (TPSA) is 96.3 Å². The standard InChI is InChI=1S/C32H33N5O3/c1-22(23-6-3-2-4-7-23)40-32(38)35-25-12-10-24(11-13-25)31-30(33)28-20-27(39-19-18-36-17-16-34-21-36)14-15-29(28)37(31)26-8-5-9-26/h2-4,6-7,10-17,20-22,26H,5,8-9,18-19,33H2,1H3,(H,35,38)/t22-/m1/s1. The monoisotopic (exact) mass is 535 g/mol. The highest BCUT2D eigenvalue weighted by atomic mass is 16.6. The zero-order valence-corrected chi connectivity index (χ0v) is 22.5. The minimum absolute atomic E-state index is 0.349. The van der Waals surface area contributed by atoms with Crippen LogP contribution in [0.1, 0.15) is 43.9 Å². The van der Waals surface area contributed by atoms with Crippen LogP contribution in [0.2, 0.25) is 0 Å². The molecule has 1 amide bonds. The predicted molar refractivity (Wildman–Crippen MR) is 157 cm³/mol. The zero-order chi connectivity index (χ0) is 27.5. The van der Waals surface area contributed by atoms with Crippen molar-refractivity contribution in [2.24, 2.45) is 0 Å². The number of aromatic nitrogens is 3. The number of rotatable bonds is 9. The maximum Gasteiger partial charge on any atom is 0.412 e. The Balaban J connectivity index is 1.21. The molecule has 1 aliphatic carbocycles. The molecular weight excluding hydrogens is 502 g/mol. The summed E-state index contributed by atoms with van der Waals surface area (Å²) >= 11 is 0. The van der Waals surface area contributed by atoms with Crippen molar-refractivity contribution >= 4 is 28.4 Å². The van der Waals surface area contributed by atoms with Gasteiger partial charge in [0.1, 0.15) is 18.5 Å². The van der Waals surface area contributed by atoms with E-state index in [-0.39, 0.29) is 6.10 Å². The third-order valence-electron chi connectivity index (χ3n) is 7.59. The fourth-order valence-corrected chi connectivity index (χ4v) is 5.23. The molecule has 2 heterocycles. The Labute approximate surface area is 233 Å². The maximum absolute atomic E-state index is 12.5. The van der Waals surface area contributed by atoms with Gasteiger partial charge in [0.15, 0.2) is 0 Å². The van der Waals surface area contributed by atoms with Gasteiger partial charge in [-0.05, 0) is 62.1 Å². The van der Waals surface area contributed by atoms with E-state index >= 15 is 0 Å². The normalized spacial score (nSPS) is 14.0. The number of fused-ring (bicyclic) bond motifs is 1. The summed E-state index contributed by atoms with van der Waals surface area (Å²) in [6.07, 6.45) is 8.10. The van der Waals surface area contributed by atoms with E-state index in [1.54, 1.807) is 12.5 Å². The second-order valence-corrected chi connectivity index (χ2v) is 10.2. The van der Waals surface area contributed by atoms with Crippen LogP contribution in [0.15, 0.2) is 91.5 Å². The van der Waals surface area contributed by atoms with E-state index in [9.17, 15) is 4.79 Å². The Hall–Kier alpha value is -4.72. The summed E-state index contributed by atoms with van der Waals surface area (Å²) in [6, 6.07) is 24.0. The van der Waals surface area contributed by atoms with Gasteiger partial charge in [-0.3, -0.25) is 5.32 Å². The van der Waals surface area contributed by atoms with Gasteiger partial charge in [-0.25, -0.2) is 9.78 Å². The van der Waals surface area contributed by atoms with Gasteiger partial charge < -0.3 is 24.3 Å². The minimum atomic E-state index is -0.493. The molecule has 0 radical (unpaired) electrons.